The van der Waals surface area contributed by atoms with Crippen LogP contribution >= 0.6 is 15.9 Å². The van der Waals surface area contributed by atoms with Gasteiger partial charge < -0.3 is 10.1 Å². The van der Waals surface area contributed by atoms with Gasteiger partial charge in [-0.05, 0) is 47.5 Å². The summed E-state index contributed by atoms with van der Waals surface area (Å²) in [5.41, 5.74) is 0.978. The second-order valence-corrected chi connectivity index (χ2v) is 6.13. The zero-order valence-electron chi connectivity index (χ0n) is 13.3. The van der Waals surface area contributed by atoms with E-state index in [-0.39, 0.29) is 5.75 Å². The number of hydrogen-bond donors (Lipinski definition) is 1. The molecule has 1 N–H and O–H groups in total. The summed E-state index contributed by atoms with van der Waals surface area (Å²) in [6, 6.07) is 5.03. The van der Waals surface area contributed by atoms with Crippen LogP contribution < -0.4 is 10.1 Å². The molecule has 25 heavy (non-hydrogen) atoms. The summed E-state index contributed by atoms with van der Waals surface area (Å²) < 4.78 is 33.4. The van der Waals surface area contributed by atoms with Crippen molar-refractivity contribution in [3.63, 3.8) is 0 Å². The van der Waals surface area contributed by atoms with E-state index in [1.54, 1.807) is 0 Å². The van der Waals surface area contributed by atoms with Crippen molar-refractivity contribution in [2.75, 3.05) is 0 Å². The van der Waals surface area contributed by atoms with E-state index in [2.05, 4.69) is 31.2 Å². The molecule has 0 amide bonds. The number of ether oxygens (including phenoxy) is 1. The summed E-state index contributed by atoms with van der Waals surface area (Å²) in [5.74, 6) is -0.875. The number of amidine groups is 1. The number of halogens is 3. The van der Waals surface area contributed by atoms with Crippen LogP contribution in [0.2, 0.25) is 0 Å². The highest BCUT2D eigenvalue weighted by molar-refractivity contribution is 9.10. The van der Waals surface area contributed by atoms with Crippen LogP contribution in [0.15, 0.2) is 63.9 Å². The number of nitrogens with one attached hydrogen (secondary N) is 1. The highest BCUT2D eigenvalue weighted by atomic mass is 79.9. The fourth-order valence-corrected chi connectivity index (χ4v) is 2.44. The highest BCUT2D eigenvalue weighted by Crippen LogP contribution is 2.34. The van der Waals surface area contributed by atoms with Crippen LogP contribution in [0, 0.1) is 11.6 Å². The predicted molar refractivity (Wildman–Crippen MR) is 96.1 cm³/mol. The van der Waals surface area contributed by atoms with Gasteiger partial charge in [0.1, 0.15) is 11.6 Å². The Labute approximate surface area is 152 Å². The van der Waals surface area contributed by atoms with Gasteiger partial charge in [0.25, 0.3) is 0 Å². The minimum Gasteiger partial charge on any atom is -0.450 e. The number of rotatable bonds is 3. The summed E-state index contributed by atoms with van der Waals surface area (Å²) in [4.78, 5) is 8.58. The maximum atomic E-state index is 13.8. The number of benzene rings is 1. The Morgan fingerprint density at radius 3 is 2.80 bits per heavy atom. The molecule has 1 aromatic carbocycles. The molecule has 0 fully saturated rings. The van der Waals surface area contributed by atoms with E-state index in [9.17, 15) is 8.78 Å². The molecular formula is C18H14BrF2N3O. The number of nitrogens with zero attached hydrogens (tertiary/aromatic N) is 2. The normalized spacial score (nSPS) is 15.5. The Balaban J connectivity index is 1.92. The highest BCUT2D eigenvalue weighted by Gasteiger charge is 2.14. The third-order valence-electron chi connectivity index (χ3n) is 3.33. The molecule has 0 unspecified atom stereocenters. The lowest BCUT2D eigenvalue weighted by Crippen LogP contribution is -2.17. The molecule has 7 heteroatoms. The SMILES string of the molecule is CC1=CCC=CC(=Nc2cc(Oc3c(F)cccc3F)c(Br)cn2)N1. The molecule has 1 aliphatic rings. The molecule has 1 aliphatic heterocycles. The molecule has 128 valence electrons. The van der Waals surface area contributed by atoms with Crippen LogP contribution in [0.1, 0.15) is 13.3 Å². The van der Waals surface area contributed by atoms with Gasteiger partial charge >= 0.3 is 0 Å². The number of pyridine rings is 1. The molecule has 0 bridgehead atoms. The second kappa shape index (κ2) is 7.57. The van der Waals surface area contributed by atoms with E-state index >= 15 is 0 Å². The minimum atomic E-state index is -0.786. The molecule has 0 saturated heterocycles. The number of para-hydroxylation sites is 1. The minimum absolute atomic E-state index is 0.211. The molecule has 2 heterocycles. The van der Waals surface area contributed by atoms with E-state index in [1.807, 2.05) is 25.2 Å². The first-order valence-corrected chi connectivity index (χ1v) is 8.28. The lowest BCUT2D eigenvalue weighted by molar-refractivity contribution is 0.405. The maximum Gasteiger partial charge on any atom is 0.198 e. The summed E-state index contributed by atoms with van der Waals surface area (Å²) in [5, 5.41) is 3.14. The first kappa shape index (κ1) is 17.3. The number of aliphatic imine (C=N–C) groups is 1. The van der Waals surface area contributed by atoms with Gasteiger partial charge in [0, 0.05) is 18.0 Å². The molecule has 1 aromatic heterocycles. The Morgan fingerprint density at radius 1 is 1.28 bits per heavy atom. The number of allylic oxidation sites excluding steroid dienone is 3. The molecule has 0 atom stereocenters. The zero-order chi connectivity index (χ0) is 17.8. The van der Waals surface area contributed by atoms with Crippen molar-refractivity contribution in [3.8, 4) is 11.5 Å². The molecule has 0 radical (unpaired) electrons. The topological polar surface area (TPSA) is 46.5 Å². The Hall–Kier alpha value is -2.54. The first-order chi connectivity index (χ1) is 12.0. The largest absolute Gasteiger partial charge is 0.450 e. The van der Waals surface area contributed by atoms with E-state index < -0.39 is 17.4 Å². The van der Waals surface area contributed by atoms with E-state index in [4.69, 9.17) is 4.74 Å². The van der Waals surface area contributed by atoms with Crippen molar-refractivity contribution < 1.29 is 13.5 Å². The van der Waals surface area contributed by atoms with Gasteiger partial charge in [0.2, 0.25) is 0 Å². The van der Waals surface area contributed by atoms with Gasteiger partial charge in [-0.25, -0.2) is 18.8 Å². The summed E-state index contributed by atoms with van der Waals surface area (Å²) >= 11 is 3.26. The third kappa shape index (κ3) is 4.30. The lowest BCUT2D eigenvalue weighted by Gasteiger charge is -2.10. The van der Waals surface area contributed by atoms with Crippen LogP contribution in [0.5, 0.6) is 11.5 Å². The Morgan fingerprint density at radius 2 is 2.04 bits per heavy atom. The van der Waals surface area contributed by atoms with Crippen LogP contribution in [0.3, 0.4) is 0 Å². The van der Waals surface area contributed by atoms with Crippen LogP contribution in [-0.4, -0.2) is 10.8 Å². The Kier molecular flexibility index (Phi) is 5.23. The van der Waals surface area contributed by atoms with Gasteiger partial charge in [-0.2, -0.15) is 0 Å². The molecular weight excluding hydrogens is 392 g/mol. The van der Waals surface area contributed by atoms with Crippen molar-refractivity contribution in [1.29, 1.82) is 0 Å². The first-order valence-electron chi connectivity index (χ1n) is 7.49. The predicted octanol–water partition coefficient (Wildman–Crippen LogP) is 5.40. The van der Waals surface area contributed by atoms with E-state index in [0.717, 1.165) is 24.3 Å². The van der Waals surface area contributed by atoms with Crippen LogP contribution in [-0.2, 0) is 0 Å². The van der Waals surface area contributed by atoms with Gasteiger partial charge in [-0.15, -0.1) is 0 Å². The fraction of sp³-hybridized carbons (Fsp3) is 0.111. The van der Waals surface area contributed by atoms with Crippen molar-refractivity contribution in [2.24, 2.45) is 4.99 Å². The molecule has 3 rings (SSSR count). The van der Waals surface area contributed by atoms with Gasteiger partial charge in [-0.1, -0.05) is 18.2 Å². The second-order valence-electron chi connectivity index (χ2n) is 5.27. The smallest absolute Gasteiger partial charge is 0.198 e. The summed E-state index contributed by atoms with van der Waals surface area (Å²) in [7, 11) is 0. The standard InChI is InChI=1S/C18H14BrF2N3O/c1-11-5-2-3-8-16(23-11)24-17-9-15(12(19)10-22-17)25-18-13(20)6-4-7-14(18)21/h3-10H,2H2,1H3,(H,22,23,24). The lowest BCUT2D eigenvalue weighted by atomic mass is 10.3. The van der Waals surface area contributed by atoms with Crippen molar-refractivity contribution >= 4 is 27.6 Å². The monoisotopic (exact) mass is 405 g/mol. The summed E-state index contributed by atoms with van der Waals surface area (Å²) in [6.45, 7) is 1.94. The average molecular weight is 406 g/mol. The zero-order valence-corrected chi connectivity index (χ0v) is 14.8. The molecule has 2 aromatic rings. The van der Waals surface area contributed by atoms with E-state index in [0.29, 0.717) is 16.1 Å². The maximum absolute atomic E-state index is 13.8. The van der Waals surface area contributed by atoms with Crippen molar-refractivity contribution in [1.82, 2.24) is 10.3 Å². The van der Waals surface area contributed by atoms with Gasteiger partial charge in [0.05, 0.1) is 4.47 Å². The van der Waals surface area contributed by atoms with Crippen LogP contribution in [0.25, 0.3) is 0 Å². The molecule has 0 saturated carbocycles. The molecule has 4 nitrogen and oxygen atoms in total. The Bertz CT molecular complexity index is 874. The molecule has 0 aliphatic carbocycles. The molecule has 0 spiro atoms. The quantitative estimate of drug-likeness (QED) is 0.743. The van der Waals surface area contributed by atoms with E-state index in [1.165, 1.54) is 18.3 Å². The average Bonchev–Trinajstić information content (AvgIpc) is 2.78. The third-order valence-corrected chi connectivity index (χ3v) is 3.93. The van der Waals surface area contributed by atoms with Gasteiger partial charge in [-0.3, -0.25) is 0 Å². The number of aromatic nitrogens is 1. The van der Waals surface area contributed by atoms with Crippen molar-refractivity contribution in [2.45, 2.75) is 13.3 Å². The van der Waals surface area contributed by atoms with Crippen LogP contribution in [0.4, 0.5) is 14.6 Å². The van der Waals surface area contributed by atoms with Gasteiger partial charge in [0.15, 0.2) is 23.2 Å². The number of hydrogen-bond acceptors (Lipinski definition) is 3. The van der Waals surface area contributed by atoms with Crippen molar-refractivity contribution in [3.05, 3.63) is 70.5 Å². The summed E-state index contributed by atoms with van der Waals surface area (Å²) in [6.07, 6.45) is 8.12. The fourth-order valence-electron chi connectivity index (χ4n) is 2.15.